The highest BCUT2D eigenvalue weighted by molar-refractivity contribution is 5.91. The molecule has 0 aromatic carbocycles. The summed E-state index contributed by atoms with van der Waals surface area (Å²) < 4.78 is 5.06. The number of nitrogens with zero attached hydrogens (tertiary/aromatic N) is 2. The van der Waals surface area contributed by atoms with E-state index in [0.717, 1.165) is 25.2 Å². The molecule has 1 aliphatic heterocycles. The molecule has 5 nitrogen and oxygen atoms in total. The Labute approximate surface area is 108 Å². The number of nitrogens with one attached hydrogen (secondary N) is 1. The van der Waals surface area contributed by atoms with Crippen LogP contribution < -0.4 is 5.32 Å². The highest BCUT2D eigenvalue weighted by atomic mass is 16.5. The summed E-state index contributed by atoms with van der Waals surface area (Å²) in [5, 5.41) is 7.19. The summed E-state index contributed by atoms with van der Waals surface area (Å²) in [4.78, 5) is 14.2. The zero-order valence-electron chi connectivity index (χ0n) is 11.3. The third kappa shape index (κ3) is 2.90. The van der Waals surface area contributed by atoms with E-state index in [-0.39, 0.29) is 11.9 Å². The third-order valence-corrected chi connectivity index (χ3v) is 3.30. The Morgan fingerprint density at radius 2 is 2.44 bits per heavy atom. The van der Waals surface area contributed by atoms with Gasteiger partial charge in [0.05, 0.1) is 5.69 Å². The van der Waals surface area contributed by atoms with E-state index in [0.29, 0.717) is 11.8 Å². The maximum Gasteiger partial charge on any atom is 0.292 e. The van der Waals surface area contributed by atoms with Crippen LogP contribution in [0.1, 0.15) is 42.9 Å². The summed E-state index contributed by atoms with van der Waals surface area (Å²) in [5.41, 5.74) is 0.737. The van der Waals surface area contributed by atoms with Gasteiger partial charge in [0.25, 0.3) is 5.91 Å². The van der Waals surface area contributed by atoms with Crippen LogP contribution in [0.4, 0.5) is 0 Å². The number of carbonyl (C=O) groups is 1. The number of hydrogen-bond acceptors (Lipinski definition) is 4. The van der Waals surface area contributed by atoms with Crippen molar-refractivity contribution >= 4 is 5.91 Å². The summed E-state index contributed by atoms with van der Waals surface area (Å²) >= 11 is 0. The zero-order valence-corrected chi connectivity index (χ0v) is 11.3. The van der Waals surface area contributed by atoms with Gasteiger partial charge in [-0.1, -0.05) is 5.16 Å². The van der Waals surface area contributed by atoms with Crippen LogP contribution >= 0.6 is 0 Å². The summed E-state index contributed by atoms with van der Waals surface area (Å²) in [6, 6.07) is 2.26. The Morgan fingerprint density at radius 1 is 1.67 bits per heavy atom. The van der Waals surface area contributed by atoms with Crippen LogP contribution in [0.25, 0.3) is 0 Å². The van der Waals surface area contributed by atoms with Crippen molar-refractivity contribution in [1.82, 2.24) is 15.4 Å². The van der Waals surface area contributed by atoms with E-state index < -0.39 is 0 Å². The fraction of sp³-hybridized carbons (Fsp3) is 0.692. The van der Waals surface area contributed by atoms with Gasteiger partial charge in [0.2, 0.25) is 5.76 Å². The quantitative estimate of drug-likeness (QED) is 0.882. The third-order valence-electron chi connectivity index (χ3n) is 3.30. The molecule has 1 aromatic rings. The lowest BCUT2D eigenvalue weighted by Gasteiger charge is -2.28. The van der Waals surface area contributed by atoms with Gasteiger partial charge in [-0.15, -0.1) is 0 Å². The van der Waals surface area contributed by atoms with Crippen molar-refractivity contribution in [2.45, 2.75) is 45.7 Å². The minimum atomic E-state index is -0.0701. The average Bonchev–Trinajstić information content (AvgIpc) is 2.95. The molecule has 1 atom stereocenters. The van der Waals surface area contributed by atoms with Crippen molar-refractivity contribution in [1.29, 1.82) is 0 Å². The second kappa shape index (κ2) is 5.52. The Balaban J connectivity index is 2.06. The minimum Gasteiger partial charge on any atom is -0.351 e. The monoisotopic (exact) mass is 251 g/mol. The highest BCUT2D eigenvalue weighted by Gasteiger charge is 2.26. The largest absolute Gasteiger partial charge is 0.351 e. The fourth-order valence-corrected chi connectivity index (χ4v) is 2.28. The van der Waals surface area contributed by atoms with Crippen LogP contribution in [0, 0.1) is 6.92 Å². The van der Waals surface area contributed by atoms with Crippen LogP contribution in [-0.2, 0) is 0 Å². The normalized spacial score (nSPS) is 19.4. The molecule has 100 valence electrons. The zero-order chi connectivity index (χ0) is 13.1. The second-order valence-electron chi connectivity index (χ2n) is 5.18. The predicted octanol–water partition coefficient (Wildman–Crippen LogP) is 1.59. The van der Waals surface area contributed by atoms with Crippen LogP contribution in [0.2, 0.25) is 0 Å². The fourth-order valence-electron chi connectivity index (χ4n) is 2.28. The molecule has 1 aromatic heterocycles. The lowest BCUT2D eigenvalue weighted by molar-refractivity contribution is 0.0646. The molecule has 5 heteroatoms. The number of aryl methyl sites for hydroxylation is 1. The number of aromatic nitrogens is 1. The van der Waals surface area contributed by atoms with Gasteiger partial charge in [0.15, 0.2) is 0 Å². The van der Waals surface area contributed by atoms with E-state index in [2.05, 4.69) is 10.5 Å². The molecule has 2 heterocycles. The van der Waals surface area contributed by atoms with Gasteiger partial charge in [-0.2, -0.15) is 0 Å². The molecule has 0 aliphatic carbocycles. The molecule has 1 amide bonds. The number of rotatable bonds is 4. The SMILES string of the molecule is Cc1cc(C(=O)N(CC2CCCN2)C(C)C)on1. The predicted molar refractivity (Wildman–Crippen MR) is 68.4 cm³/mol. The minimum absolute atomic E-state index is 0.0701. The van der Waals surface area contributed by atoms with Crippen LogP contribution in [0.15, 0.2) is 10.6 Å². The Hall–Kier alpha value is -1.36. The molecule has 1 unspecified atom stereocenters. The van der Waals surface area contributed by atoms with E-state index in [1.807, 2.05) is 25.7 Å². The molecule has 2 rings (SSSR count). The lowest BCUT2D eigenvalue weighted by atomic mass is 10.2. The van der Waals surface area contributed by atoms with Crippen LogP contribution in [0.5, 0.6) is 0 Å². The number of amides is 1. The molecule has 1 aliphatic rings. The Kier molecular flexibility index (Phi) is 4.01. The van der Waals surface area contributed by atoms with E-state index in [9.17, 15) is 4.79 Å². The van der Waals surface area contributed by atoms with E-state index in [4.69, 9.17) is 4.52 Å². The Bertz CT molecular complexity index is 408. The van der Waals surface area contributed by atoms with Crippen molar-refractivity contribution < 1.29 is 9.32 Å². The smallest absolute Gasteiger partial charge is 0.292 e. The first-order valence-electron chi connectivity index (χ1n) is 6.55. The maximum atomic E-state index is 12.4. The van der Waals surface area contributed by atoms with Gasteiger partial charge >= 0.3 is 0 Å². The van der Waals surface area contributed by atoms with Gasteiger partial charge in [-0.05, 0) is 40.2 Å². The topological polar surface area (TPSA) is 58.4 Å². The summed E-state index contributed by atoms with van der Waals surface area (Å²) in [7, 11) is 0. The van der Waals surface area contributed by atoms with Crippen molar-refractivity contribution in [3.63, 3.8) is 0 Å². The molecular formula is C13H21N3O2. The standard InChI is InChI=1S/C13H21N3O2/c1-9(2)16(8-11-5-4-6-14-11)13(17)12-7-10(3)15-18-12/h7,9,11,14H,4-6,8H2,1-3H3. The molecule has 0 radical (unpaired) electrons. The molecule has 1 saturated heterocycles. The molecule has 0 spiro atoms. The van der Waals surface area contributed by atoms with E-state index >= 15 is 0 Å². The van der Waals surface area contributed by atoms with Crippen molar-refractivity contribution in [2.24, 2.45) is 0 Å². The molecule has 18 heavy (non-hydrogen) atoms. The summed E-state index contributed by atoms with van der Waals surface area (Å²) in [6.45, 7) is 7.65. The van der Waals surface area contributed by atoms with Crippen molar-refractivity contribution in [3.05, 3.63) is 17.5 Å². The van der Waals surface area contributed by atoms with Gasteiger partial charge in [-0.25, -0.2) is 0 Å². The first-order chi connectivity index (χ1) is 8.58. The van der Waals surface area contributed by atoms with Crippen molar-refractivity contribution in [3.8, 4) is 0 Å². The molecule has 0 bridgehead atoms. The van der Waals surface area contributed by atoms with Gasteiger partial charge in [0.1, 0.15) is 0 Å². The molecule has 1 fully saturated rings. The van der Waals surface area contributed by atoms with Gasteiger partial charge in [-0.3, -0.25) is 4.79 Å². The van der Waals surface area contributed by atoms with Crippen LogP contribution in [0.3, 0.4) is 0 Å². The first-order valence-corrected chi connectivity index (χ1v) is 6.55. The number of hydrogen-bond donors (Lipinski definition) is 1. The number of carbonyl (C=O) groups excluding carboxylic acids is 1. The summed E-state index contributed by atoms with van der Waals surface area (Å²) in [6.07, 6.45) is 2.32. The maximum absolute atomic E-state index is 12.4. The lowest BCUT2D eigenvalue weighted by Crippen LogP contribution is -2.44. The van der Waals surface area contributed by atoms with Crippen LogP contribution in [-0.4, -0.2) is 41.1 Å². The van der Waals surface area contributed by atoms with Gasteiger partial charge in [0, 0.05) is 24.7 Å². The second-order valence-corrected chi connectivity index (χ2v) is 5.18. The Morgan fingerprint density at radius 3 is 2.94 bits per heavy atom. The first kappa shape index (κ1) is 13.1. The average molecular weight is 251 g/mol. The van der Waals surface area contributed by atoms with E-state index in [1.54, 1.807) is 6.07 Å². The van der Waals surface area contributed by atoms with Crippen molar-refractivity contribution in [2.75, 3.05) is 13.1 Å². The van der Waals surface area contributed by atoms with Gasteiger partial charge < -0.3 is 14.7 Å². The molecular weight excluding hydrogens is 230 g/mol. The highest BCUT2D eigenvalue weighted by Crippen LogP contribution is 2.14. The summed E-state index contributed by atoms with van der Waals surface area (Å²) in [5.74, 6) is 0.262. The molecule has 1 N–H and O–H groups in total. The molecule has 0 saturated carbocycles. The van der Waals surface area contributed by atoms with E-state index in [1.165, 1.54) is 6.42 Å².